The highest BCUT2D eigenvalue weighted by Gasteiger charge is 2.55. The zero-order chi connectivity index (χ0) is 29.2. The SMILES string of the molecule is CN(c1nc(Cl)nc2c1nnn2[C@@H]1C[C@H](COP(=O)(O)C(C)(C)P(=O)(O)O)[C@@H](O)[C@H]1O)[C@H]1CCc2ccccc21. The van der Waals surface area contributed by atoms with E-state index >= 15 is 0 Å². The van der Waals surface area contributed by atoms with E-state index in [9.17, 15) is 34.0 Å². The van der Waals surface area contributed by atoms with Gasteiger partial charge in [-0.3, -0.25) is 9.13 Å². The maximum atomic E-state index is 12.7. The first-order chi connectivity index (χ1) is 18.6. The van der Waals surface area contributed by atoms with Crippen molar-refractivity contribution in [1.29, 1.82) is 0 Å². The lowest BCUT2D eigenvalue weighted by Gasteiger charge is -2.30. The molecule has 1 aromatic carbocycles. The number of nitrogens with zero attached hydrogens (tertiary/aromatic N) is 6. The van der Waals surface area contributed by atoms with Gasteiger partial charge in [-0.05, 0) is 55.8 Å². The Hall–Kier alpha value is -1.99. The van der Waals surface area contributed by atoms with Crippen molar-refractivity contribution in [2.45, 2.75) is 62.3 Å². The quantitative estimate of drug-likeness (QED) is 0.182. The fourth-order valence-electron chi connectivity index (χ4n) is 5.37. The van der Waals surface area contributed by atoms with E-state index in [1.807, 2.05) is 24.1 Å². The largest absolute Gasteiger partial charge is 0.390 e. The van der Waals surface area contributed by atoms with Crippen LogP contribution in [0, 0.1) is 5.92 Å². The molecule has 1 unspecified atom stereocenters. The number of anilines is 1. The van der Waals surface area contributed by atoms with Crippen LogP contribution in [0.15, 0.2) is 24.3 Å². The van der Waals surface area contributed by atoms with Gasteiger partial charge < -0.3 is 34.3 Å². The van der Waals surface area contributed by atoms with Crippen LogP contribution in [0.1, 0.15) is 49.9 Å². The van der Waals surface area contributed by atoms with Crippen molar-refractivity contribution in [1.82, 2.24) is 25.0 Å². The predicted octanol–water partition coefficient (Wildman–Crippen LogP) is 2.40. The first-order valence-electron chi connectivity index (χ1n) is 12.6. The van der Waals surface area contributed by atoms with E-state index in [2.05, 4.69) is 32.4 Å². The summed E-state index contributed by atoms with van der Waals surface area (Å²) in [6.45, 7) is 1.32. The molecular formula is C23H31ClN6O8P2. The zero-order valence-electron chi connectivity index (χ0n) is 21.9. The second-order valence-electron chi connectivity index (χ2n) is 10.8. The smallest absolute Gasteiger partial charge is 0.345 e. The van der Waals surface area contributed by atoms with Gasteiger partial charge in [-0.1, -0.05) is 29.5 Å². The molecule has 2 aromatic heterocycles. The summed E-state index contributed by atoms with van der Waals surface area (Å²) in [5, 5.41) is 30.0. The summed E-state index contributed by atoms with van der Waals surface area (Å²) in [7, 11) is -7.95. The molecule has 0 amide bonds. The third-order valence-corrected chi connectivity index (χ3v) is 13.2. The van der Waals surface area contributed by atoms with Gasteiger partial charge in [-0.25, -0.2) is 4.68 Å². The number of halogens is 1. The normalized spacial score (nSPS) is 26.7. The minimum Gasteiger partial charge on any atom is -0.390 e. The molecule has 0 aliphatic heterocycles. The maximum Gasteiger partial charge on any atom is 0.345 e. The number of hydrogen-bond acceptors (Lipinski definition) is 10. The highest BCUT2D eigenvalue weighted by molar-refractivity contribution is 7.72. The van der Waals surface area contributed by atoms with Crippen LogP contribution < -0.4 is 4.90 Å². The molecule has 5 rings (SSSR count). The van der Waals surface area contributed by atoms with E-state index in [0.29, 0.717) is 11.3 Å². The molecule has 6 atom stereocenters. The number of aryl methyl sites for hydroxylation is 1. The molecule has 14 nitrogen and oxygen atoms in total. The third kappa shape index (κ3) is 4.89. The topological polar surface area (TPSA) is 204 Å². The number of benzene rings is 1. The number of rotatable bonds is 8. The third-order valence-electron chi connectivity index (χ3n) is 8.13. The Kier molecular flexibility index (Phi) is 7.65. The van der Waals surface area contributed by atoms with Crippen LogP contribution in [0.5, 0.6) is 0 Å². The number of aromatic nitrogens is 5. The molecule has 5 N–H and O–H groups in total. The van der Waals surface area contributed by atoms with E-state index in [0.717, 1.165) is 26.7 Å². The monoisotopic (exact) mass is 616 g/mol. The average Bonchev–Trinajstić information content (AvgIpc) is 3.57. The fourth-order valence-corrected chi connectivity index (χ4v) is 7.73. The van der Waals surface area contributed by atoms with Gasteiger partial charge in [-0.15, -0.1) is 5.10 Å². The fraction of sp³-hybridized carbons (Fsp3) is 0.565. The minimum atomic E-state index is -5.00. The standard InChI is InChI=1S/C23H31ClN6O8P2/c1-23(2,39(33,34)35)40(36,37)38-11-13-10-16(19(32)18(13)31)30-21-17(27-28-30)20(25-22(24)26-21)29(3)15-9-8-12-6-4-5-7-14(12)15/h4-7,13,15-16,18-19,31-32H,8-11H2,1-3H3,(H,36,37)(H2,33,34,35)/t13-,15+,16-,18-,19+/m1/s1. The van der Waals surface area contributed by atoms with Gasteiger partial charge in [0.05, 0.1) is 24.8 Å². The molecule has 1 saturated carbocycles. The van der Waals surface area contributed by atoms with Gasteiger partial charge in [0.25, 0.3) is 0 Å². The number of aliphatic hydroxyl groups excluding tert-OH is 2. The van der Waals surface area contributed by atoms with E-state index < -0.39 is 50.9 Å². The van der Waals surface area contributed by atoms with Gasteiger partial charge in [0.1, 0.15) is 6.10 Å². The second kappa shape index (κ2) is 10.4. The van der Waals surface area contributed by atoms with Crippen molar-refractivity contribution in [3.63, 3.8) is 0 Å². The highest BCUT2D eigenvalue weighted by Crippen LogP contribution is 2.71. The van der Waals surface area contributed by atoms with E-state index in [1.165, 1.54) is 15.8 Å². The van der Waals surface area contributed by atoms with Crippen LogP contribution in [0.3, 0.4) is 0 Å². The van der Waals surface area contributed by atoms with Crippen molar-refractivity contribution in [3.8, 4) is 0 Å². The van der Waals surface area contributed by atoms with Crippen LogP contribution in [-0.2, 0) is 20.1 Å². The molecule has 2 aliphatic carbocycles. The molecule has 0 spiro atoms. The second-order valence-corrected chi connectivity index (χ2v) is 16.1. The van der Waals surface area contributed by atoms with Crippen LogP contribution in [0.4, 0.5) is 5.82 Å². The predicted molar refractivity (Wildman–Crippen MR) is 145 cm³/mol. The lowest BCUT2D eigenvalue weighted by atomic mass is 10.1. The Morgan fingerprint density at radius 1 is 1.15 bits per heavy atom. The van der Waals surface area contributed by atoms with Crippen LogP contribution in [-0.4, -0.2) is 80.6 Å². The molecule has 218 valence electrons. The summed E-state index contributed by atoms with van der Waals surface area (Å²) < 4.78 is 30.8. The lowest BCUT2D eigenvalue weighted by molar-refractivity contribution is -0.00392. The Labute approximate surface area is 234 Å². The molecule has 2 aliphatic rings. The van der Waals surface area contributed by atoms with Crippen LogP contribution in [0.2, 0.25) is 5.28 Å². The Balaban J connectivity index is 1.40. The summed E-state index contributed by atoms with van der Waals surface area (Å²) in [4.78, 5) is 37.6. The summed E-state index contributed by atoms with van der Waals surface area (Å²) in [6, 6.07) is 7.34. The Bertz CT molecular complexity index is 1530. The molecule has 3 aromatic rings. The molecule has 17 heteroatoms. The molecule has 40 heavy (non-hydrogen) atoms. The summed E-state index contributed by atoms with van der Waals surface area (Å²) in [5.74, 6) is -0.404. The molecule has 0 bridgehead atoms. The lowest BCUT2D eigenvalue weighted by Crippen LogP contribution is -2.31. The average molecular weight is 617 g/mol. The van der Waals surface area contributed by atoms with Crippen molar-refractivity contribution in [2.24, 2.45) is 5.92 Å². The van der Waals surface area contributed by atoms with Crippen molar-refractivity contribution in [3.05, 3.63) is 40.7 Å². The van der Waals surface area contributed by atoms with E-state index in [1.54, 1.807) is 0 Å². The first-order valence-corrected chi connectivity index (χ1v) is 16.2. The molecule has 0 radical (unpaired) electrons. The number of aliphatic hydroxyl groups is 2. The van der Waals surface area contributed by atoms with E-state index in [-0.39, 0.29) is 23.4 Å². The van der Waals surface area contributed by atoms with Crippen LogP contribution in [0.25, 0.3) is 11.2 Å². The molecule has 0 saturated heterocycles. The van der Waals surface area contributed by atoms with Crippen molar-refractivity contribution >= 4 is 43.8 Å². The number of hydrogen-bond donors (Lipinski definition) is 5. The Morgan fingerprint density at radius 2 is 1.85 bits per heavy atom. The van der Waals surface area contributed by atoms with Gasteiger partial charge in [0.2, 0.25) is 5.28 Å². The molecule has 1 fully saturated rings. The Morgan fingerprint density at radius 3 is 2.55 bits per heavy atom. The molecular weight excluding hydrogens is 586 g/mol. The maximum absolute atomic E-state index is 12.7. The summed E-state index contributed by atoms with van der Waals surface area (Å²) in [6.07, 6.45) is -0.933. The van der Waals surface area contributed by atoms with Gasteiger partial charge in [0, 0.05) is 13.0 Å². The minimum absolute atomic E-state index is 0.0301. The highest BCUT2D eigenvalue weighted by atomic mass is 35.5. The van der Waals surface area contributed by atoms with Gasteiger partial charge >= 0.3 is 15.2 Å². The van der Waals surface area contributed by atoms with Gasteiger partial charge in [-0.2, -0.15) is 9.97 Å². The van der Waals surface area contributed by atoms with E-state index in [4.69, 9.17) is 16.1 Å². The molecule has 2 heterocycles. The summed E-state index contributed by atoms with van der Waals surface area (Å²) in [5.41, 5.74) is 3.02. The zero-order valence-corrected chi connectivity index (χ0v) is 24.5. The number of fused-ring (bicyclic) bond motifs is 2. The van der Waals surface area contributed by atoms with Crippen LogP contribution >= 0.6 is 26.8 Å². The van der Waals surface area contributed by atoms with Crippen molar-refractivity contribution in [2.75, 3.05) is 18.6 Å². The van der Waals surface area contributed by atoms with Crippen molar-refractivity contribution < 1.29 is 38.5 Å². The summed E-state index contributed by atoms with van der Waals surface area (Å²) >= 11 is 6.31. The van der Waals surface area contributed by atoms with Gasteiger partial charge in [0.15, 0.2) is 21.9 Å². The first kappa shape index (κ1) is 29.5.